The van der Waals surface area contributed by atoms with Gasteiger partial charge in [0.05, 0.1) is 20.1 Å². The summed E-state index contributed by atoms with van der Waals surface area (Å²) in [6.45, 7) is 5.15. The molecule has 21 heavy (non-hydrogen) atoms. The first-order valence-electron chi connectivity index (χ1n) is 6.86. The second kappa shape index (κ2) is 5.64. The standard InChI is InChI=1S/C14H22O7/c1-8(15)14(6-10(16)18-5)12-11(9(19-14)7-17-4)20-13(2,3)21-12/h9,11-12H,6-7H2,1-5H3/t9-,11-,12-,14+/m1/s1. The summed E-state index contributed by atoms with van der Waals surface area (Å²) in [5, 5.41) is 0. The summed E-state index contributed by atoms with van der Waals surface area (Å²) >= 11 is 0. The molecule has 0 aliphatic carbocycles. The maximum atomic E-state index is 12.2. The molecule has 2 heterocycles. The molecule has 4 atom stereocenters. The van der Waals surface area contributed by atoms with E-state index >= 15 is 0 Å². The summed E-state index contributed by atoms with van der Waals surface area (Å²) in [5.41, 5.74) is -1.39. The minimum absolute atomic E-state index is 0.209. The third-order valence-electron chi connectivity index (χ3n) is 3.88. The minimum atomic E-state index is -1.39. The number of ketones is 1. The van der Waals surface area contributed by atoms with E-state index in [0.29, 0.717) is 0 Å². The van der Waals surface area contributed by atoms with Crippen molar-refractivity contribution in [1.29, 1.82) is 0 Å². The van der Waals surface area contributed by atoms with Crippen LogP contribution in [0.3, 0.4) is 0 Å². The highest BCUT2D eigenvalue weighted by Gasteiger charge is 2.65. The van der Waals surface area contributed by atoms with Crippen LogP contribution in [0.5, 0.6) is 0 Å². The normalized spacial score (nSPS) is 37.3. The smallest absolute Gasteiger partial charge is 0.309 e. The monoisotopic (exact) mass is 302 g/mol. The summed E-state index contributed by atoms with van der Waals surface area (Å²) in [5.74, 6) is -1.67. The fraction of sp³-hybridized carbons (Fsp3) is 0.857. The van der Waals surface area contributed by atoms with E-state index < -0.39 is 35.7 Å². The van der Waals surface area contributed by atoms with Crippen LogP contribution in [0.25, 0.3) is 0 Å². The molecule has 0 aromatic rings. The van der Waals surface area contributed by atoms with E-state index in [4.69, 9.17) is 18.9 Å². The highest BCUT2D eigenvalue weighted by Crippen LogP contribution is 2.46. The lowest BCUT2D eigenvalue weighted by Crippen LogP contribution is -2.50. The van der Waals surface area contributed by atoms with Gasteiger partial charge in [-0.2, -0.15) is 0 Å². The predicted molar refractivity (Wildman–Crippen MR) is 70.6 cm³/mol. The average Bonchev–Trinajstić information content (AvgIpc) is 2.84. The number of methoxy groups -OCH3 is 2. The third-order valence-corrected chi connectivity index (χ3v) is 3.88. The topological polar surface area (TPSA) is 80.3 Å². The molecule has 2 fully saturated rings. The molecular weight excluding hydrogens is 280 g/mol. The molecule has 0 radical (unpaired) electrons. The third kappa shape index (κ3) is 2.83. The van der Waals surface area contributed by atoms with Crippen molar-refractivity contribution in [3.05, 3.63) is 0 Å². The van der Waals surface area contributed by atoms with Crippen molar-refractivity contribution in [3.63, 3.8) is 0 Å². The van der Waals surface area contributed by atoms with Crippen LogP contribution in [0, 0.1) is 0 Å². The van der Waals surface area contributed by atoms with Gasteiger partial charge >= 0.3 is 5.97 Å². The molecular formula is C14H22O7. The van der Waals surface area contributed by atoms with Crippen LogP contribution < -0.4 is 0 Å². The lowest BCUT2D eigenvalue weighted by atomic mass is 9.87. The van der Waals surface area contributed by atoms with Gasteiger partial charge < -0.3 is 23.7 Å². The van der Waals surface area contributed by atoms with Gasteiger partial charge in [0.15, 0.2) is 17.2 Å². The zero-order valence-corrected chi connectivity index (χ0v) is 13.0. The minimum Gasteiger partial charge on any atom is -0.469 e. The molecule has 2 aliphatic heterocycles. The second-order valence-electron chi connectivity index (χ2n) is 5.83. The van der Waals surface area contributed by atoms with Gasteiger partial charge in [-0.1, -0.05) is 0 Å². The fourth-order valence-electron chi connectivity index (χ4n) is 2.96. The summed E-state index contributed by atoms with van der Waals surface area (Å²) in [6, 6.07) is 0. The summed E-state index contributed by atoms with van der Waals surface area (Å²) in [7, 11) is 2.80. The Hall–Kier alpha value is -1.02. The van der Waals surface area contributed by atoms with E-state index in [-0.39, 0.29) is 18.8 Å². The molecule has 0 aromatic carbocycles. The molecule has 0 aromatic heterocycles. The van der Waals surface area contributed by atoms with Crippen molar-refractivity contribution in [1.82, 2.24) is 0 Å². The van der Waals surface area contributed by atoms with Crippen LogP contribution in [-0.4, -0.2) is 62.3 Å². The molecule has 0 N–H and O–H groups in total. The van der Waals surface area contributed by atoms with Crippen LogP contribution in [0.1, 0.15) is 27.2 Å². The van der Waals surface area contributed by atoms with Crippen LogP contribution >= 0.6 is 0 Å². The van der Waals surface area contributed by atoms with E-state index in [1.54, 1.807) is 13.8 Å². The summed E-state index contributed by atoms with van der Waals surface area (Å²) < 4.78 is 27.3. The van der Waals surface area contributed by atoms with Crippen molar-refractivity contribution in [2.45, 2.75) is 56.9 Å². The highest BCUT2D eigenvalue weighted by atomic mass is 16.8. The Morgan fingerprint density at radius 3 is 2.33 bits per heavy atom. The van der Waals surface area contributed by atoms with Crippen LogP contribution in [-0.2, 0) is 33.3 Å². The average molecular weight is 302 g/mol. The Labute approximate surface area is 123 Å². The Morgan fingerprint density at radius 1 is 1.14 bits per heavy atom. The van der Waals surface area contributed by atoms with Crippen LogP contribution in [0.2, 0.25) is 0 Å². The van der Waals surface area contributed by atoms with Gasteiger partial charge in [0, 0.05) is 7.11 Å². The van der Waals surface area contributed by atoms with Crippen molar-refractivity contribution in [2.24, 2.45) is 0 Å². The van der Waals surface area contributed by atoms with Gasteiger partial charge in [0.2, 0.25) is 0 Å². The number of ether oxygens (including phenoxy) is 5. The Morgan fingerprint density at radius 2 is 1.81 bits per heavy atom. The van der Waals surface area contributed by atoms with E-state index in [1.807, 2.05) is 0 Å². The molecule has 7 heteroatoms. The molecule has 2 rings (SSSR count). The Kier molecular flexibility index (Phi) is 4.39. The Bertz CT molecular complexity index is 433. The molecule has 0 spiro atoms. The van der Waals surface area contributed by atoms with Crippen molar-refractivity contribution in [2.75, 3.05) is 20.8 Å². The molecule has 120 valence electrons. The zero-order chi connectivity index (χ0) is 15.8. The first-order valence-corrected chi connectivity index (χ1v) is 6.86. The molecule has 0 amide bonds. The zero-order valence-electron chi connectivity index (χ0n) is 13.0. The molecule has 0 unspecified atom stereocenters. The van der Waals surface area contributed by atoms with Crippen LogP contribution in [0.4, 0.5) is 0 Å². The summed E-state index contributed by atoms with van der Waals surface area (Å²) in [4.78, 5) is 23.9. The van der Waals surface area contributed by atoms with Gasteiger partial charge in [-0.3, -0.25) is 9.59 Å². The quantitative estimate of drug-likeness (QED) is 0.682. The second-order valence-corrected chi connectivity index (χ2v) is 5.83. The first kappa shape index (κ1) is 16.4. The Balaban J connectivity index is 2.35. The SMILES string of the molecule is COC[C@H]1O[C@@](CC(=O)OC)(C(C)=O)[C@@H]2OC(C)(C)O[C@@H]21. The summed E-state index contributed by atoms with van der Waals surface area (Å²) in [6.07, 6.45) is -1.81. The predicted octanol–water partition coefficient (Wildman–Crippen LogP) is 0.443. The van der Waals surface area contributed by atoms with Crippen molar-refractivity contribution >= 4 is 11.8 Å². The lowest BCUT2D eigenvalue weighted by molar-refractivity contribution is -0.215. The van der Waals surface area contributed by atoms with Crippen LogP contribution in [0.15, 0.2) is 0 Å². The fourth-order valence-corrected chi connectivity index (χ4v) is 2.96. The maximum Gasteiger partial charge on any atom is 0.309 e. The molecule has 7 nitrogen and oxygen atoms in total. The number of carbonyl (C=O) groups excluding carboxylic acids is 2. The van der Waals surface area contributed by atoms with Gasteiger partial charge in [-0.05, 0) is 20.8 Å². The van der Waals surface area contributed by atoms with Gasteiger partial charge in [-0.15, -0.1) is 0 Å². The molecule has 0 bridgehead atoms. The van der Waals surface area contributed by atoms with E-state index in [2.05, 4.69) is 4.74 Å². The molecule has 2 aliphatic rings. The number of rotatable bonds is 5. The van der Waals surface area contributed by atoms with Crippen molar-refractivity contribution in [3.8, 4) is 0 Å². The maximum absolute atomic E-state index is 12.2. The molecule has 2 saturated heterocycles. The number of Topliss-reactive ketones (excluding diaryl/α,β-unsaturated/α-hetero) is 1. The number of fused-ring (bicyclic) bond motifs is 1. The van der Waals surface area contributed by atoms with E-state index in [0.717, 1.165) is 0 Å². The largest absolute Gasteiger partial charge is 0.469 e. The number of hydrogen-bond donors (Lipinski definition) is 0. The highest BCUT2D eigenvalue weighted by molar-refractivity contribution is 5.91. The lowest BCUT2D eigenvalue weighted by Gasteiger charge is -2.31. The number of hydrogen-bond acceptors (Lipinski definition) is 7. The van der Waals surface area contributed by atoms with Gasteiger partial charge in [-0.25, -0.2) is 0 Å². The molecule has 0 saturated carbocycles. The van der Waals surface area contributed by atoms with E-state index in [1.165, 1.54) is 21.1 Å². The van der Waals surface area contributed by atoms with Gasteiger partial charge in [0.25, 0.3) is 0 Å². The van der Waals surface area contributed by atoms with Crippen molar-refractivity contribution < 1.29 is 33.3 Å². The number of carbonyl (C=O) groups is 2. The number of esters is 1. The first-order chi connectivity index (χ1) is 9.75. The van der Waals surface area contributed by atoms with E-state index in [9.17, 15) is 9.59 Å². The van der Waals surface area contributed by atoms with Gasteiger partial charge in [0.1, 0.15) is 18.3 Å².